The molecule has 4 N–H and O–H groups in total. The van der Waals surface area contributed by atoms with E-state index in [2.05, 4.69) is 17.1 Å². The van der Waals surface area contributed by atoms with Gasteiger partial charge in [0.1, 0.15) is 17.0 Å². The summed E-state index contributed by atoms with van der Waals surface area (Å²) in [6, 6.07) is 7.25. The minimum atomic E-state index is -0.486. The second-order valence-corrected chi connectivity index (χ2v) is 10.2. The molecule has 1 aliphatic carbocycles. The second-order valence-electron chi connectivity index (χ2n) is 10.2. The molecule has 3 rings (SSSR count). The number of nitrogens with one attached hydrogen (secondary N) is 2. The van der Waals surface area contributed by atoms with E-state index in [0.717, 1.165) is 50.5 Å². The monoisotopic (exact) mass is 470 g/mol. The lowest BCUT2D eigenvalue weighted by Gasteiger charge is -2.37. The summed E-state index contributed by atoms with van der Waals surface area (Å²) >= 11 is 0. The van der Waals surface area contributed by atoms with E-state index in [1.165, 1.54) is 0 Å². The molecule has 186 valence electrons. The van der Waals surface area contributed by atoms with Gasteiger partial charge in [-0.05, 0) is 83.7 Å². The van der Waals surface area contributed by atoms with Crippen molar-refractivity contribution in [2.45, 2.75) is 83.9 Å². The summed E-state index contributed by atoms with van der Waals surface area (Å²) in [6.07, 6.45) is 5.64. The Bertz CT molecular complexity index is 1020. The Morgan fingerprint density at radius 3 is 2.53 bits per heavy atom. The van der Waals surface area contributed by atoms with Crippen molar-refractivity contribution in [1.29, 1.82) is 5.41 Å². The van der Waals surface area contributed by atoms with Crippen molar-refractivity contribution >= 4 is 28.7 Å². The molecule has 1 saturated carbocycles. The van der Waals surface area contributed by atoms with E-state index in [1.54, 1.807) is 24.3 Å². The van der Waals surface area contributed by atoms with Crippen LogP contribution in [0.25, 0.3) is 11.0 Å². The van der Waals surface area contributed by atoms with Crippen molar-refractivity contribution < 1.29 is 18.7 Å². The number of carbonyl (C=O) groups excluding carboxylic acids is 2. The molecule has 34 heavy (non-hydrogen) atoms. The van der Waals surface area contributed by atoms with E-state index < -0.39 is 5.60 Å². The first-order valence-corrected chi connectivity index (χ1v) is 12.2. The summed E-state index contributed by atoms with van der Waals surface area (Å²) in [5, 5.41) is 11.4. The summed E-state index contributed by atoms with van der Waals surface area (Å²) in [7, 11) is 0. The van der Waals surface area contributed by atoms with Crippen LogP contribution in [0.1, 0.15) is 82.3 Å². The predicted octanol–water partition coefficient (Wildman–Crippen LogP) is 4.20. The number of ether oxygens (including phenoxy) is 1. The number of benzene rings is 1. The topological polar surface area (TPSA) is 122 Å². The first kappa shape index (κ1) is 25.7. The van der Waals surface area contributed by atoms with Gasteiger partial charge in [0.25, 0.3) is 5.91 Å². The van der Waals surface area contributed by atoms with Crippen LogP contribution in [0.2, 0.25) is 0 Å². The smallest absolute Gasteiger partial charge is 0.320 e. The average molecular weight is 471 g/mol. The van der Waals surface area contributed by atoms with E-state index in [1.807, 2.05) is 20.8 Å². The Morgan fingerprint density at radius 1 is 1.21 bits per heavy atom. The molecule has 0 aliphatic heterocycles. The molecule has 0 atom stereocenters. The number of hydrogen-bond donors (Lipinski definition) is 3. The standard InChI is InChI=1S/C26H38N4O4/c1-5-6-13-30(16-23(31)34-26(2,3)4)20-10-8-19(9-11-20)29-25(32)22-15-18-14-17(24(27)28)7-12-21(18)33-22/h7,12,14-15,19-20H,5-6,8-11,13,16H2,1-4H3,(H3,27,28)(H,29,32)/t19-,20-. The molecule has 8 nitrogen and oxygen atoms in total. The van der Waals surface area contributed by atoms with Crippen LogP contribution >= 0.6 is 0 Å². The van der Waals surface area contributed by atoms with E-state index in [0.29, 0.717) is 23.7 Å². The number of amides is 1. The molecule has 0 bridgehead atoms. The molecular weight excluding hydrogens is 432 g/mol. The number of nitrogens with two attached hydrogens (primary N) is 1. The number of furan rings is 1. The molecule has 1 aromatic heterocycles. The molecule has 1 aliphatic rings. The number of amidine groups is 1. The lowest BCUT2D eigenvalue weighted by Crippen LogP contribution is -2.46. The van der Waals surface area contributed by atoms with Gasteiger partial charge in [0.15, 0.2) is 5.76 Å². The van der Waals surface area contributed by atoms with Gasteiger partial charge in [-0.1, -0.05) is 13.3 Å². The fourth-order valence-corrected chi connectivity index (χ4v) is 4.46. The molecule has 1 heterocycles. The van der Waals surface area contributed by atoms with E-state index in [-0.39, 0.29) is 29.5 Å². The van der Waals surface area contributed by atoms with E-state index in [4.69, 9.17) is 20.3 Å². The van der Waals surface area contributed by atoms with E-state index >= 15 is 0 Å². The molecule has 1 aromatic carbocycles. The third-order valence-electron chi connectivity index (χ3n) is 6.15. The van der Waals surface area contributed by atoms with Crippen LogP contribution in [0.15, 0.2) is 28.7 Å². The lowest BCUT2D eigenvalue weighted by molar-refractivity contribution is -0.157. The molecular formula is C26H38N4O4. The fourth-order valence-electron chi connectivity index (χ4n) is 4.46. The first-order valence-electron chi connectivity index (χ1n) is 12.2. The van der Waals surface area contributed by atoms with Crippen molar-refractivity contribution in [3.63, 3.8) is 0 Å². The number of rotatable bonds is 9. The summed E-state index contributed by atoms with van der Waals surface area (Å²) < 4.78 is 11.3. The van der Waals surface area contributed by atoms with Crippen LogP contribution in [0.5, 0.6) is 0 Å². The van der Waals surface area contributed by atoms with Crippen LogP contribution in [-0.2, 0) is 9.53 Å². The SMILES string of the molecule is CCCCN(CC(=O)OC(C)(C)C)[C@H]1CC[C@H](NC(=O)c2cc3cc(C(=N)N)ccc3o2)CC1. The highest BCUT2D eigenvalue weighted by molar-refractivity contribution is 6.00. The number of nitrogens with zero attached hydrogens (tertiary/aromatic N) is 1. The highest BCUT2D eigenvalue weighted by Crippen LogP contribution is 2.25. The lowest BCUT2D eigenvalue weighted by atomic mass is 9.89. The van der Waals surface area contributed by atoms with Gasteiger partial charge in [-0.3, -0.25) is 19.9 Å². The number of hydrogen-bond acceptors (Lipinski definition) is 6. The molecule has 0 radical (unpaired) electrons. The van der Waals surface area contributed by atoms with Gasteiger partial charge in [0.2, 0.25) is 0 Å². The van der Waals surface area contributed by atoms with Gasteiger partial charge < -0.3 is 20.2 Å². The highest BCUT2D eigenvalue weighted by Gasteiger charge is 2.29. The predicted molar refractivity (Wildman–Crippen MR) is 133 cm³/mol. The Labute approximate surface area is 201 Å². The highest BCUT2D eigenvalue weighted by atomic mass is 16.6. The van der Waals surface area contributed by atoms with Gasteiger partial charge in [-0.25, -0.2) is 0 Å². The Balaban J connectivity index is 1.56. The molecule has 1 amide bonds. The van der Waals surface area contributed by atoms with Crippen LogP contribution < -0.4 is 11.1 Å². The van der Waals surface area contributed by atoms with Crippen molar-refractivity contribution in [2.24, 2.45) is 5.73 Å². The third-order valence-corrected chi connectivity index (χ3v) is 6.15. The Morgan fingerprint density at radius 2 is 1.91 bits per heavy atom. The molecule has 8 heteroatoms. The number of nitrogen functional groups attached to an aromatic ring is 1. The fraction of sp³-hybridized carbons (Fsp3) is 0.577. The van der Waals surface area contributed by atoms with Gasteiger partial charge in [0, 0.05) is 23.0 Å². The third kappa shape index (κ3) is 7.06. The zero-order valence-electron chi connectivity index (χ0n) is 20.8. The number of fused-ring (bicyclic) bond motifs is 1. The van der Waals surface area contributed by atoms with Crippen molar-refractivity contribution in [1.82, 2.24) is 10.2 Å². The largest absolute Gasteiger partial charge is 0.459 e. The van der Waals surface area contributed by atoms with Crippen molar-refractivity contribution in [3.8, 4) is 0 Å². The number of carbonyl (C=O) groups is 2. The van der Waals surface area contributed by atoms with Gasteiger partial charge in [-0.15, -0.1) is 0 Å². The van der Waals surface area contributed by atoms with Gasteiger partial charge in [-0.2, -0.15) is 0 Å². The number of unbranched alkanes of at least 4 members (excludes halogenated alkanes) is 1. The van der Waals surface area contributed by atoms with Crippen LogP contribution in [0, 0.1) is 5.41 Å². The Kier molecular flexibility index (Phi) is 8.36. The number of esters is 1. The minimum absolute atomic E-state index is 0.0227. The maximum atomic E-state index is 12.8. The summed E-state index contributed by atoms with van der Waals surface area (Å²) in [6.45, 7) is 8.99. The Hall–Kier alpha value is -2.87. The maximum absolute atomic E-state index is 12.8. The van der Waals surface area contributed by atoms with Crippen LogP contribution in [0.3, 0.4) is 0 Å². The normalized spacial score (nSPS) is 18.7. The molecule has 0 unspecified atom stereocenters. The maximum Gasteiger partial charge on any atom is 0.320 e. The van der Waals surface area contributed by atoms with E-state index in [9.17, 15) is 9.59 Å². The summed E-state index contributed by atoms with van der Waals surface area (Å²) in [5.41, 5.74) is 6.25. The summed E-state index contributed by atoms with van der Waals surface area (Å²) in [4.78, 5) is 27.5. The molecule has 0 saturated heterocycles. The molecule has 1 fully saturated rings. The van der Waals surface area contributed by atoms with Gasteiger partial charge >= 0.3 is 5.97 Å². The van der Waals surface area contributed by atoms with Crippen molar-refractivity contribution in [3.05, 3.63) is 35.6 Å². The quantitative estimate of drug-likeness (QED) is 0.287. The second kappa shape index (κ2) is 11.0. The minimum Gasteiger partial charge on any atom is -0.459 e. The zero-order valence-corrected chi connectivity index (χ0v) is 20.8. The van der Waals surface area contributed by atoms with Crippen molar-refractivity contribution in [2.75, 3.05) is 13.1 Å². The van der Waals surface area contributed by atoms with Crippen LogP contribution in [-0.4, -0.2) is 53.4 Å². The average Bonchev–Trinajstić information content (AvgIpc) is 3.19. The van der Waals surface area contributed by atoms with Gasteiger partial charge in [0.05, 0.1) is 6.54 Å². The zero-order chi connectivity index (χ0) is 24.9. The molecule has 2 aromatic rings. The summed E-state index contributed by atoms with van der Waals surface area (Å²) in [5.74, 6) is -0.185. The molecule has 0 spiro atoms. The first-order chi connectivity index (χ1) is 16.1. The van der Waals surface area contributed by atoms with Crippen LogP contribution in [0.4, 0.5) is 0 Å².